The van der Waals surface area contributed by atoms with Gasteiger partial charge in [-0.3, -0.25) is 4.98 Å². The van der Waals surface area contributed by atoms with Gasteiger partial charge in [-0.1, -0.05) is 19.1 Å². The minimum absolute atomic E-state index is 0.367. The molecule has 0 aliphatic heterocycles. The Morgan fingerprint density at radius 2 is 2.31 bits per heavy atom. The van der Waals surface area contributed by atoms with E-state index in [1.54, 1.807) is 12.3 Å². The zero-order valence-electron chi connectivity index (χ0n) is 8.70. The smallest absolute Gasteiger partial charge is 0.150 e. The van der Waals surface area contributed by atoms with Gasteiger partial charge in [0, 0.05) is 17.3 Å². The van der Waals surface area contributed by atoms with E-state index in [4.69, 9.17) is 12.2 Å². The second-order valence-corrected chi connectivity index (χ2v) is 3.66. The lowest BCUT2D eigenvalue weighted by atomic mass is 10.1. The second kappa shape index (κ2) is 4.49. The molecule has 16 heavy (non-hydrogen) atoms. The van der Waals surface area contributed by atoms with Crippen molar-refractivity contribution in [3.63, 3.8) is 0 Å². The minimum Gasteiger partial charge on any atom is -0.345 e. The SMILES string of the molecule is CCc1c(-c2ccncc2F)[nH]cnc1=S. The lowest BCUT2D eigenvalue weighted by molar-refractivity contribution is 0.624. The van der Waals surface area contributed by atoms with Crippen LogP contribution in [-0.4, -0.2) is 15.0 Å². The van der Waals surface area contributed by atoms with Crippen LogP contribution in [0, 0.1) is 10.5 Å². The Morgan fingerprint density at radius 3 is 3.00 bits per heavy atom. The fraction of sp³-hybridized carbons (Fsp3) is 0.182. The average Bonchev–Trinajstić information content (AvgIpc) is 2.29. The fourth-order valence-corrected chi connectivity index (χ4v) is 1.87. The predicted molar refractivity (Wildman–Crippen MR) is 62.0 cm³/mol. The molecule has 0 aliphatic rings. The van der Waals surface area contributed by atoms with Crippen molar-refractivity contribution in [2.75, 3.05) is 0 Å². The van der Waals surface area contributed by atoms with Crippen molar-refractivity contribution in [2.45, 2.75) is 13.3 Å². The van der Waals surface area contributed by atoms with Gasteiger partial charge in [-0.25, -0.2) is 9.37 Å². The highest BCUT2D eigenvalue weighted by Gasteiger charge is 2.10. The van der Waals surface area contributed by atoms with Crippen molar-refractivity contribution < 1.29 is 4.39 Å². The van der Waals surface area contributed by atoms with Crippen molar-refractivity contribution in [3.05, 3.63) is 40.8 Å². The molecule has 2 aromatic rings. The number of halogens is 1. The largest absolute Gasteiger partial charge is 0.345 e. The monoisotopic (exact) mass is 235 g/mol. The highest BCUT2D eigenvalue weighted by Crippen LogP contribution is 2.23. The van der Waals surface area contributed by atoms with Crippen LogP contribution in [0.4, 0.5) is 4.39 Å². The molecule has 5 heteroatoms. The Balaban J connectivity index is 2.70. The lowest BCUT2D eigenvalue weighted by Gasteiger charge is -2.07. The normalized spacial score (nSPS) is 10.4. The fourth-order valence-electron chi connectivity index (χ4n) is 1.57. The number of rotatable bonds is 2. The summed E-state index contributed by atoms with van der Waals surface area (Å²) in [7, 11) is 0. The number of H-pyrrole nitrogens is 1. The van der Waals surface area contributed by atoms with E-state index in [1.807, 2.05) is 6.92 Å². The Morgan fingerprint density at radius 1 is 1.50 bits per heavy atom. The second-order valence-electron chi connectivity index (χ2n) is 3.27. The molecule has 0 radical (unpaired) electrons. The highest BCUT2D eigenvalue weighted by molar-refractivity contribution is 7.71. The van der Waals surface area contributed by atoms with E-state index in [1.165, 1.54) is 12.5 Å². The van der Waals surface area contributed by atoms with E-state index in [9.17, 15) is 4.39 Å². The van der Waals surface area contributed by atoms with Crippen molar-refractivity contribution in [2.24, 2.45) is 0 Å². The molecule has 0 saturated heterocycles. The molecule has 0 saturated carbocycles. The quantitative estimate of drug-likeness (QED) is 0.814. The molecule has 0 amide bonds. The first kappa shape index (κ1) is 10.9. The molecule has 0 aromatic carbocycles. The Bertz CT molecular complexity index is 565. The van der Waals surface area contributed by atoms with Crippen LogP contribution in [0.15, 0.2) is 24.8 Å². The predicted octanol–water partition coefficient (Wildman–Crippen LogP) is 2.90. The molecule has 0 unspecified atom stereocenters. The number of hydrogen-bond donors (Lipinski definition) is 1. The zero-order valence-corrected chi connectivity index (χ0v) is 9.51. The molecule has 1 N–H and O–H groups in total. The molecule has 0 spiro atoms. The molecule has 2 heterocycles. The molecule has 0 aliphatic carbocycles. The van der Waals surface area contributed by atoms with Gasteiger partial charge in [-0.05, 0) is 12.5 Å². The van der Waals surface area contributed by atoms with E-state index in [0.29, 0.717) is 22.3 Å². The Hall–Kier alpha value is -1.62. The van der Waals surface area contributed by atoms with Crippen LogP contribution >= 0.6 is 12.2 Å². The maximum absolute atomic E-state index is 13.6. The van der Waals surface area contributed by atoms with Crippen LogP contribution in [0.2, 0.25) is 0 Å². The summed E-state index contributed by atoms with van der Waals surface area (Å²) in [5, 5.41) is 0. The zero-order chi connectivity index (χ0) is 11.5. The van der Waals surface area contributed by atoms with Gasteiger partial charge in [-0.15, -0.1) is 0 Å². The number of hydrogen-bond acceptors (Lipinski definition) is 3. The molecule has 3 nitrogen and oxygen atoms in total. The molecular weight excluding hydrogens is 225 g/mol. The van der Waals surface area contributed by atoms with Crippen LogP contribution in [0.1, 0.15) is 12.5 Å². The van der Waals surface area contributed by atoms with Crippen LogP contribution in [0.25, 0.3) is 11.3 Å². The number of aromatic amines is 1. The van der Waals surface area contributed by atoms with Gasteiger partial charge in [-0.2, -0.15) is 0 Å². The first-order valence-corrected chi connectivity index (χ1v) is 5.31. The third kappa shape index (κ3) is 1.86. The van der Waals surface area contributed by atoms with E-state index in [0.717, 1.165) is 5.56 Å². The third-order valence-electron chi connectivity index (χ3n) is 2.35. The standard InChI is InChI=1S/C11H10FN3S/c1-2-7-10(14-6-15-11(7)16)8-3-4-13-5-9(8)12/h3-6H,2H2,1H3,(H,14,15,16). The summed E-state index contributed by atoms with van der Waals surface area (Å²) >= 11 is 5.11. The van der Waals surface area contributed by atoms with E-state index in [2.05, 4.69) is 15.0 Å². The molecule has 82 valence electrons. The lowest BCUT2D eigenvalue weighted by Crippen LogP contribution is -1.97. The summed E-state index contributed by atoms with van der Waals surface area (Å²) in [5.41, 5.74) is 2.00. The first-order chi connectivity index (χ1) is 7.74. The maximum atomic E-state index is 13.6. The molecule has 2 aromatic heterocycles. The Kier molecular flexibility index (Phi) is 3.05. The molecule has 2 rings (SSSR count). The van der Waals surface area contributed by atoms with Crippen molar-refractivity contribution >= 4 is 12.2 Å². The van der Waals surface area contributed by atoms with Crippen molar-refractivity contribution in [1.29, 1.82) is 0 Å². The number of pyridine rings is 1. The van der Waals surface area contributed by atoms with Gasteiger partial charge in [0.05, 0.1) is 18.2 Å². The van der Waals surface area contributed by atoms with Gasteiger partial charge in [0.25, 0.3) is 0 Å². The summed E-state index contributed by atoms with van der Waals surface area (Å²) in [4.78, 5) is 10.6. The van der Waals surface area contributed by atoms with Crippen LogP contribution in [0.3, 0.4) is 0 Å². The molecular formula is C11H10FN3S. The summed E-state index contributed by atoms with van der Waals surface area (Å²) in [6.45, 7) is 1.96. The molecule has 0 atom stereocenters. The maximum Gasteiger partial charge on any atom is 0.150 e. The average molecular weight is 235 g/mol. The summed E-state index contributed by atoms with van der Waals surface area (Å²) in [5.74, 6) is -0.367. The first-order valence-electron chi connectivity index (χ1n) is 4.90. The van der Waals surface area contributed by atoms with E-state index < -0.39 is 0 Å². The topological polar surface area (TPSA) is 41.6 Å². The minimum atomic E-state index is -0.367. The summed E-state index contributed by atoms with van der Waals surface area (Å²) in [6.07, 6.45) is 4.93. The van der Waals surface area contributed by atoms with E-state index in [-0.39, 0.29) is 5.82 Å². The number of aromatic nitrogens is 3. The Labute approximate surface area is 97.4 Å². The van der Waals surface area contributed by atoms with Crippen molar-refractivity contribution in [1.82, 2.24) is 15.0 Å². The third-order valence-corrected chi connectivity index (χ3v) is 2.70. The number of nitrogens with zero attached hydrogens (tertiary/aromatic N) is 2. The summed E-state index contributed by atoms with van der Waals surface area (Å²) < 4.78 is 14.1. The molecule has 0 fully saturated rings. The molecule has 0 bridgehead atoms. The van der Waals surface area contributed by atoms with Crippen LogP contribution < -0.4 is 0 Å². The van der Waals surface area contributed by atoms with Crippen LogP contribution in [-0.2, 0) is 6.42 Å². The van der Waals surface area contributed by atoms with Gasteiger partial charge in [0.1, 0.15) is 4.64 Å². The van der Waals surface area contributed by atoms with Crippen molar-refractivity contribution in [3.8, 4) is 11.3 Å². The van der Waals surface area contributed by atoms with Crippen LogP contribution in [0.5, 0.6) is 0 Å². The van der Waals surface area contributed by atoms with E-state index >= 15 is 0 Å². The number of nitrogens with one attached hydrogen (secondary N) is 1. The summed E-state index contributed by atoms with van der Waals surface area (Å²) in [6, 6.07) is 1.62. The van der Waals surface area contributed by atoms with Gasteiger partial charge in [0.2, 0.25) is 0 Å². The van der Waals surface area contributed by atoms with Gasteiger partial charge in [0.15, 0.2) is 5.82 Å². The van der Waals surface area contributed by atoms with Gasteiger partial charge >= 0.3 is 0 Å². The highest BCUT2D eigenvalue weighted by atomic mass is 32.1. The van der Waals surface area contributed by atoms with Gasteiger partial charge < -0.3 is 4.98 Å².